The molecule has 33 heavy (non-hydrogen) atoms. The van der Waals surface area contributed by atoms with Crippen LogP contribution in [0.2, 0.25) is 0 Å². The van der Waals surface area contributed by atoms with Crippen LogP contribution in [0.25, 0.3) is 44.4 Å². The molecule has 0 aliphatic heterocycles. The van der Waals surface area contributed by atoms with Gasteiger partial charge in [-0.3, -0.25) is 0 Å². The number of pyridine rings is 1. The number of aromatic nitrogens is 2. The Bertz CT molecular complexity index is 1750. The van der Waals surface area contributed by atoms with Gasteiger partial charge in [0.1, 0.15) is 31.4 Å². The number of hydrogen-bond acceptors (Lipinski definition) is 9. The van der Waals surface area contributed by atoms with Crippen molar-refractivity contribution in [3.05, 3.63) is 60.7 Å². The van der Waals surface area contributed by atoms with Crippen molar-refractivity contribution in [2.45, 2.75) is 9.79 Å². The van der Waals surface area contributed by atoms with E-state index in [1.807, 2.05) is 18.2 Å². The molecule has 5 aromatic rings. The van der Waals surface area contributed by atoms with E-state index >= 15 is 0 Å². The standard InChI is InChI=1S/C20H12N2O7S2.2Na/c23-30(24,25)13-6-7-14-12(9-13)10-17(31(26,27)28)19-18(14)22-20(29-19)16-8-5-11-3-1-2-4-15(11)21-16;;/h1-10H,(H,23,24,25)(H,26,27,28);;/q;2*+1/p-2. The Hall–Kier alpha value is -1.38. The molecule has 0 saturated heterocycles. The quantitative estimate of drug-likeness (QED) is 0.186. The minimum atomic E-state index is -5.00. The Balaban J connectivity index is 0.00000153. The first-order valence-electron chi connectivity index (χ1n) is 8.76. The van der Waals surface area contributed by atoms with Crippen molar-refractivity contribution in [1.82, 2.24) is 9.97 Å². The maximum Gasteiger partial charge on any atom is 1.00 e. The normalized spacial score (nSPS) is 11.9. The summed E-state index contributed by atoms with van der Waals surface area (Å²) in [6.45, 7) is 0. The van der Waals surface area contributed by atoms with E-state index in [-0.39, 0.29) is 81.5 Å². The molecule has 0 amide bonds. The molecule has 0 spiro atoms. The third-order valence-corrected chi connectivity index (χ3v) is 6.46. The molecule has 156 valence electrons. The van der Waals surface area contributed by atoms with Crippen molar-refractivity contribution in [2.24, 2.45) is 0 Å². The molecule has 0 radical (unpaired) electrons. The second-order valence-electron chi connectivity index (χ2n) is 6.75. The number of benzene rings is 3. The van der Waals surface area contributed by atoms with Crippen LogP contribution < -0.4 is 59.1 Å². The van der Waals surface area contributed by atoms with Crippen LogP contribution in [0, 0.1) is 0 Å². The molecule has 13 heteroatoms. The SMILES string of the molecule is O=S(=O)([O-])c1ccc2c(c1)cc(S(=O)(=O)[O-])c1oc(-c3ccc4ccccc4n3)nc12.[Na+].[Na+]. The summed E-state index contributed by atoms with van der Waals surface area (Å²) in [5, 5.41) is 1.23. The van der Waals surface area contributed by atoms with Gasteiger partial charge in [0.2, 0.25) is 5.89 Å². The summed E-state index contributed by atoms with van der Waals surface area (Å²) in [6, 6.07) is 15.1. The van der Waals surface area contributed by atoms with Crippen LogP contribution in [0.4, 0.5) is 0 Å². The molecule has 0 aliphatic carbocycles. The van der Waals surface area contributed by atoms with Crippen LogP contribution in [0.1, 0.15) is 0 Å². The smallest absolute Gasteiger partial charge is 0.744 e. The Morgan fingerprint density at radius 3 is 2.18 bits per heavy atom. The van der Waals surface area contributed by atoms with Gasteiger partial charge in [0.15, 0.2) is 5.58 Å². The van der Waals surface area contributed by atoms with Crippen LogP contribution in [0.15, 0.2) is 74.9 Å². The van der Waals surface area contributed by atoms with Crippen molar-refractivity contribution < 1.29 is 89.5 Å². The van der Waals surface area contributed by atoms with Crippen molar-refractivity contribution in [1.29, 1.82) is 0 Å². The fourth-order valence-electron chi connectivity index (χ4n) is 3.39. The molecule has 0 fully saturated rings. The maximum atomic E-state index is 11.9. The Labute approximate surface area is 232 Å². The first-order valence-corrected chi connectivity index (χ1v) is 11.6. The van der Waals surface area contributed by atoms with Crippen LogP contribution in [-0.4, -0.2) is 35.9 Å². The Morgan fingerprint density at radius 1 is 0.758 bits per heavy atom. The first-order chi connectivity index (χ1) is 14.6. The largest absolute Gasteiger partial charge is 1.00 e. The number of oxazole rings is 1. The molecule has 0 saturated carbocycles. The minimum absolute atomic E-state index is 0. The maximum absolute atomic E-state index is 11.9. The fourth-order valence-corrected chi connectivity index (χ4v) is 4.53. The zero-order valence-electron chi connectivity index (χ0n) is 17.3. The van der Waals surface area contributed by atoms with Gasteiger partial charge >= 0.3 is 59.1 Å². The van der Waals surface area contributed by atoms with E-state index in [0.717, 1.165) is 23.6 Å². The van der Waals surface area contributed by atoms with Gasteiger partial charge < -0.3 is 13.5 Å². The fraction of sp³-hybridized carbons (Fsp3) is 0. The second kappa shape index (κ2) is 9.34. The van der Waals surface area contributed by atoms with E-state index in [4.69, 9.17) is 4.42 Å². The third-order valence-electron chi connectivity index (χ3n) is 4.79. The van der Waals surface area contributed by atoms with E-state index in [1.165, 1.54) is 6.07 Å². The molecule has 0 N–H and O–H groups in total. The van der Waals surface area contributed by atoms with Gasteiger partial charge in [-0.25, -0.2) is 26.8 Å². The van der Waals surface area contributed by atoms with E-state index in [9.17, 15) is 25.9 Å². The van der Waals surface area contributed by atoms with E-state index in [0.29, 0.717) is 16.6 Å². The van der Waals surface area contributed by atoms with Crippen molar-refractivity contribution in [2.75, 3.05) is 0 Å². The first kappa shape index (κ1) is 26.2. The van der Waals surface area contributed by atoms with Crippen LogP contribution in [-0.2, 0) is 20.2 Å². The third kappa shape index (κ3) is 4.89. The molecule has 0 aliphatic rings. The number of rotatable bonds is 3. The number of hydrogen-bond donors (Lipinski definition) is 0. The molecular formula is C20H10N2Na2O7S2. The second-order valence-corrected chi connectivity index (χ2v) is 9.48. The van der Waals surface area contributed by atoms with Crippen molar-refractivity contribution in [3.63, 3.8) is 0 Å². The predicted octanol–water partition coefficient (Wildman–Crippen LogP) is -2.99. The van der Waals surface area contributed by atoms with Gasteiger partial charge in [0, 0.05) is 10.8 Å². The monoisotopic (exact) mass is 500 g/mol. The molecule has 2 aromatic heterocycles. The summed E-state index contributed by atoms with van der Waals surface area (Å²) in [4.78, 5) is 7.50. The van der Waals surface area contributed by atoms with Crippen LogP contribution in [0.5, 0.6) is 0 Å². The molecule has 2 heterocycles. The molecule has 3 aromatic carbocycles. The average molecular weight is 500 g/mol. The molecule has 9 nitrogen and oxygen atoms in total. The average Bonchev–Trinajstić information content (AvgIpc) is 3.16. The Kier molecular flexibility index (Phi) is 7.43. The molecule has 0 atom stereocenters. The van der Waals surface area contributed by atoms with Gasteiger partial charge in [0.05, 0.1) is 15.3 Å². The molecular weight excluding hydrogens is 490 g/mol. The predicted molar refractivity (Wildman–Crippen MR) is 108 cm³/mol. The summed E-state index contributed by atoms with van der Waals surface area (Å²) in [7, 11) is -9.79. The molecule has 5 rings (SSSR count). The minimum Gasteiger partial charge on any atom is -0.744 e. The van der Waals surface area contributed by atoms with Gasteiger partial charge in [-0.15, -0.1) is 0 Å². The number of nitrogens with zero attached hydrogens (tertiary/aromatic N) is 2. The van der Waals surface area contributed by atoms with E-state index in [2.05, 4.69) is 9.97 Å². The van der Waals surface area contributed by atoms with Crippen LogP contribution >= 0.6 is 0 Å². The van der Waals surface area contributed by atoms with E-state index in [1.54, 1.807) is 18.2 Å². The summed E-state index contributed by atoms with van der Waals surface area (Å²) in [5.74, 6) is -0.0151. The van der Waals surface area contributed by atoms with E-state index < -0.39 is 30.0 Å². The zero-order chi connectivity index (χ0) is 22.0. The summed E-state index contributed by atoms with van der Waals surface area (Å²) >= 11 is 0. The zero-order valence-corrected chi connectivity index (χ0v) is 23.0. The van der Waals surface area contributed by atoms with Crippen molar-refractivity contribution >= 4 is 53.0 Å². The molecule has 0 bridgehead atoms. The van der Waals surface area contributed by atoms with Crippen molar-refractivity contribution in [3.8, 4) is 11.6 Å². The van der Waals surface area contributed by atoms with Gasteiger partial charge in [-0.1, -0.05) is 30.3 Å². The number of fused-ring (bicyclic) bond motifs is 4. The summed E-state index contributed by atoms with van der Waals surface area (Å²) in [5.41, 5.74) is 0.738. The van der Waals surface area contributed by atoms with Gasteiger partial charge in [-0.05, 0) is 35.7 Å². The summed E-state index contributed by atoms with van der Waals surface area (Å²) in [6.07, 6.45) is 0. The molecule has 0 unspecified atom stereocenters. The van der Waals surface area contributed by atoms with Gasteiger partial charge in [0.25, 0.3) is 0 Å². The Morgan fingerprint density at radius 2 is 1.48 bits per heavy atom. The topological polar surface area (TPSA) is 153 Å². The summed E-state index contributed by atoms with van der Waals surface area (Å²) < 4.78 is 75.2. The number of para-hydroxylation sites is 1. The van der Waals surface area contributed by atoms with Crippen LogP contribution in [0.3, 0.4) is 0 Å². The van der Waals surface area contributed by atoms with Gasteiger partial charge in [-0.2, -0.15) is 0 Å².